The number of aliphatic hydroxyl groups excluding tert-OH is 1. The van der Waals surface area contributed by atoms with Crippen LogP contribution in [-0.2, 0) is 30.8 Å². The van der Waals surface area contributed by atoms with Gasteiger partial charge < -0.3 is 24.2 Å². The quantitative estimate of drug-likeness (QED) is 0.302. The van der Waals surface area contributed by atoms with Gasteiger partial charge in [-0.1, -0.05) is 30.3 Å². The number of rotatable bonds is 13. The third-order valence-electron chi connectivity index (χ3n) is 7.84. The van der Waals surface area contributed by atoms with E-state index < -0.39 is 16.3 Å². The molecular formula is C32H39N3O7S2. The van der Waals surface area contributed by atoms with Gasteiger partial charge in [-0.05, 0) is 58.3 Å². The summed E-state index contributed by atoms with van der Waals surface area (Å²) < 4.78 is 45.0. The van der Waals surface area contributed by atoms with Crippen LogP contribution in [0.3, 0.4) is 0 Å². The summed E-state index contributed by atoms with van der Waals surface area (Å²) in [6.07, 6.45) is 1.64. The van der Waals surface area contributed by atoms with Crippen molar-refractivity contribution in [2.45, 2.75) is 30.1 Å². The Morgan fingerprint density at radius 3 is 2.45 bits per heavy atom. The Kier molecular flexibility index (Phi) is 11.1. The van der Waals surface area contributed by atoms with Crippen LogP contribution in [0.2, 0.25) is 0 Å². The Labute approximate surface area is 263 Å². The lowest BCUT2D eigenvalue weighted by Crippen LogP contribution is -2.49. The van der Waals surface area contributed by atoms with Gasteiger partial charge in [0.2, 0.25) is 16.3 Å². The number of sulfonamides is 1. The first-order valence-electron chi connectivity index (χ1n) is 14.7. The van der Waals surface area contributed by atoms with Crippen molar-refractivity contribution in [3.8, 4) is 5.75 Å². The molecule has 0 spiro atoms. The number of carbonyl (C=O) groups excluding carboxylic acids is 1. The van der Waals surface area contributed by atoms with E-state index in [0.717, 1.165) is 25.2 Å². The molecule has 2 aliphatic heterocycles. The van der Waals surface area contributed by atoms with Crippen molar-refractivity contribution < 1.29 is 32.5 Å². The second kappa shape index (κ2) is 15.2. The molecule has 1 amide bonds. The Morgan fingerprint density at radius 2 is 1.80 bits per heavy atom. The maximum atomic E-state index is 13.6. The summed E-state index contributed by atoms with van der Waals surface area (Å²) >= 11 is 1.59. The molecule has 10 nitrogen and oxygen atoms in total. The molecule has 1 aromatic heterocycles. The minimum absolute atomic E-state index is 0.00820. The summed E-state index contributed by atoms with van der Waals surface area (Å²) in [6.45, 7) is 3.19. The smallest absolute Gasteiger partial charge is 0.288 e. The molecule has 236 valence electrons. The SMILES string of the molecule is COc1ccc(S(=O)(=O)N(CCO)CCO[C@H]2C[C@@H](c3ccsc3)C=C(C(=O)N3CCN(Cc4ccccc4)CC3)O2)cc1. The van der Waals surface area contributed by atoms with Gasteiger partial charge in [0.15, 0.2) is 5.76 Å². The number of methoxy groups -OCH3 is 1. The van der Waals surface area contributed by atoms with E-state index in [-0.39, 0.29) is 48.8 Å². The molecule has 0 unspecified atom stereocenters. The van der Waals surface area contributed by atoms with Crippen molar-refractivity contribution >= 4 is 27.3 Å². The van der Waals surface area contributed by atoms with Crippen LogP contribution in [0.4, 0.5) is 0 Å². The maximum absolute atomic E-state index is 13.6. The van der Waals surface area contributed by atoms with E-state index in [1.54, 1.807) is 23.5 Å². The first-order valence-corrected chi connectivity index (χ1v) is 17.1. The van der Waals surface area contributed by atoms with E-state index >= 15 is 0 Å². The molecule has 0 radical (unpaired) electrons. The van der Waals surface area contributed by atoms with Crippen LogP contribution in [0, 0.1) is 0 Å². The maximum Gasteiger partial charge on any atom is 0.288 e. The molecule has 1 N–H and O–H groups in total. The largest absolute Gasteiger partial charge is 0.497 e. The predicted octanol–water partition coefficient (Wildman–Crippen LogP) is 3.51. The molecule has 1 saturated heterocycles. The fourth-order valence-corrected chi connectivity index (χ4v) is 7.52. The molecule has 0 saturated carbocycles. The number of amides is 1. The number of benzene rings is 2. The highest BCUT2D eigenvalue weighted by molar-refractivity contribution is 7.89. The van der Waals surface area contributed by atoms with Gasteiger partial charge in [0.1, 0.15) is 5.75 Å². The minimum atomic E-state index is -3.88. The first kappa shape index (κ1) is 32.1. The number of carbonyl (C=O) groups is 1. The Morgan fingerprint density at radius 1 is 1.05 bits per heavy atom. The molecule has 44 heavy (non-hydrogen) atoms. The summed E-state index contributed by atoms with van der Waals surface area (Å²) in [5.74, 6) is 0.562. The van der Waals surface area contributed by atoms with E-state index in [9.17, 15) is 18.3 Å². The van der Waals surface area contributed by atoms with Crippen LogP contribution in [0.25, 0.3) is 0 Å². The van der Waals surface area contributed by atoms with Gasteiger partial charge in [-0.25, -0.2) is 8.42 Å². The van der Waals surface area contributed by atoms with Gasteiger partial charge in [-0.2, -0.15) is 15.6 Å². The normalized spacial score (nSPS) is 19.4. The predicted molar refractivity (Wildman–Crippen MR) is 168 cm³/mol. The zero-order valence-corrected chi connectivity index (χ0v) is 26.4. The van der Waals surface area contributed by atoms with Crippen LogP contribution in [0.1, 0.15) is 23.5 Å². The fraction of sp³-hybridized carbons (Fsp3) is 0.406. The number of allylic oxidation sites excluding steroid dienone is 1. The average Bonchev–Trinajstić information content (AvgIpc) is 3.60. The topological polar surface area (TPSA) is 109 Å². The number of hydrogen-bond acceptors (Lipinski definition) is 9. The van der Waals surface area contributed by atoms with Crippen LogP contribution >= 0.6 is 11.3 Å². The lowest BCUT2D eigenvalue weighted by atomic mass is 9.95. The standard InChI is InChI=1S/C32H39N3O7S2/c1-40-28-7-9-29(10-8-28)44(38,39)35(16-18-36)17-19-41-31-22-27(26-11-20-43-24-26)21-30(42-31)32(37)34-14-12-33(13-15-34)23-25-5-3-2-4-6-25/h2-11,20-21,24,27,31,36H,12-19,22-23H2,1H3/t27-,31+/m0/s1. The molecule has 12 heteroatoms. The van der Waals surface area contributed by atoms with Crippen LogP contribution in [-0.4, -0.2) is 99.4 Å². The summed E-state index contributed by atoms with van der Waals surface area (Å²) in [7, 11) is -2.37. The van der Waals surface area contributed by atoms with Crippen molar-refractivity contribution in [3.63, 3.8) is 0 Å². The van der Waals surface area contributed by atoms with Crippen molar-refractivity contribution in [3.05, 3.63) is 94.4 Å². The van der Waals surface area contributed by atoms with Gasteiger partial charge in [0.05, 0.1) is 25.2 Å². The molecule has 1 fully saturated rings. The minimum Gasteiger partial charge on any atom is -0.497 e. The third-order valence-corrected chi connectivity index (χ3v) is 10.5. The highest BCUT2D eigenvalue weighted by Crippen LogP contribution is 2.33. The number of nitrogens with zero attached hydrogens (tertiary/aromatic N) is 3. The van der Waals surface area contributed by atoms with E-state index in [4.69, 9.17) is 14.2 Å². The lowest BCUT2D eigenvalue weighted by Gasteiger charge is -2.36. The van der Waals surface area contributed by atoms with Crippen LogP contribution < -0.4 is 4.74 Å². The van der Waals surface area contributed by atoms with E-state index in [1.807, 2.05) is 40.6 Å². The molecular weight excluding hydrogens is 603 g/mol. The number of ether oxygens (including phenoxy) is 3. The van der Waals surface area contributed by atoms with Gasteiger partial charge in [0, 0.05) is 58.2 Å². The van der Waals surface area contributed by atoms with E-state index in [0.29, 0.717) is 25.3 Å². The van der Waals surface area contributed by atoms with E-state index in [2.05, 4.69) is 22.4 Å². The van der Waals surface area contributed by atoms with Crippen molar-refractivity contribution in [1.82, 2.24) is 14.1 Å². The monoisotopic (exact) mass is 641 g/mol. The highest BCUT2D eigenvalue weighted by Gasteiger charge is 2.33. The Bertz CT molecular complexity index is 1470. The second-order valence-corrected chi connectivity index (χ2v) is 13.4. The number of aliphatic hydroxyl groups is 1. The van der Waals surface area contributed by atoms with Crippen LogP contribution in [0.15, 0.2) is 88.2 Å². The van der Waals surface area contributed by atoms with Crippen molar-refractivity contribution in [1.29, 1.82) is 0 Å². The summed E-state index contributed by atoms with van der Waals surface area (Å²) in [4.78, 5) is 17.9. The molecule has 2 aromatic carbocycles. The fourth-order valence-electron chi connectivity index (χ4n) is 5.38. The van der Waals surface area contributed by atoms with Gasteiger partial charge in [0.25, 0.3) is 5.91 Å². The first-order chi connectivity index (χ1) is 21.4. The van der Waals surface area contributed by atoms with Crippen molar-refractivity contribution in [2.75, 3.05) is 59.6 Å². The zero-order valence-electron chi connectivity index (χ0n) is 24.8. The Balaban J connectivity index is 1.21. The molecule has 3 aromatic rings. The van der Waals surface area contributed by atoms with Crippen molar-refractivity contribution in [2.24, 2.45) is 0 Å². The third kappa shape index (κ3) is 8.06. The molecule has 3 heterocycles. The van der Waals surface area contributed by atoms with Gasteiger partial charge in [-0.3, -0.25) is 9.69 Å². The average molecular weight is 642 g/mol. The number of hydrogen-bond donors (Lipinski definition) is 1. The molecule has 5 rings (SSSR count). The number of thiophene rings is 1. The van der Waals surface area contributed by atoms with Gasteiger partial charge >= 0.3 is 0 Å². The Hall–Kier alpha value is -3.26. The summed E-state index contributed by atoms with van der Waals surface area (Å²) in [5, 5.41) is 13.6. The summed E-state index contributed by atoms with van der Waals surface area (Å²) in [5.41, 5.74) is 2.33. The van der Waals surface area contributed by atoms with E-state index in [1.165, 1.54) is 29.1 Å². The zero-order chi connectivity index (χ0) is 30.9. The molecule has 0 aliphatic carbocycles. The molecule has 2 aliphatic rings. The second-order valence-electron chi connectivity index (χ2n) is 10.7. The summed E-state index contributed by atoms with van der Waals surface area (Å²) in [6, 6.07) is 18.4. The number of piperazine rings is 1. The molecule has 0 bridgehead atoms. The van der Waals surface area contributed by atoms with Gasteiger partial charge in [-0.15, -0.1) is 0 Å². The van der Waals surface area contributed by atoms with Crippen LogP contribution in [0.5, 0.6) is 5.75 Å². The molecule has 2 atom stereocenters. The highest BCUT2D eigenvalue weighted by atomic mass is 32.2. The lowest BCUT2D eigenvalue weighted by molar-refractivity contribution is -0.154.